The molecule has 3 heteroatoms. The van der Waals surface area contributed by atoms with Crippen LogP contribution in [0.2, 0.25) is 0 Å². The monoisotopic (exact) mass is 904 g/mol. The Kier molecular flexibility index (Phi) is 9.53. The highest BCUT2D eigenvalue weighted by Crippen LogP contribution is 2.43. The van der Waals surface area contributed by atoms with Gasteiger partial charge < -0.3 is 13.9 Å². The molecule has 0 saturated heterocycles. The lowest BCUT2D eigenvalue weighted by Crippen LogP contribution is -2.10. The number of nitrogens with zero attached hydrogens (tertiary/aromatic N) is 2. The van der Waals surface area contributed by atoms with Crippen LogP contribution in [-0.2, 0) is 0 Å². The summed E-state index contributed by atoms with van der Waals surface area (Å²) in [6.07, 6.45) is 0. The fourth-order valence-electron chi connectivity index (χ4n) is 11.0. The minimum atomic E-state index is 0.894. The van der Waals surface area contributed by atoms with Gasteiger partial charge in [0.2, 0.25) is 0 Å². The number of fused-ring (bicyclic) bond motifs is 9. The predicted molar refractivity (Wildman–Crippen MR) is 299 cm³/mol. The van der Waals surface area contributed by atoms with Crippen molar-refractivity contribution >= 4 is 82.4 Å². The van der Waals surface area contributed by atoms with E-state index in [0.717, 1.165) is 66.8 Å². The third-order valence-corrected chi connectivity index (χ3v) is 14.4. The molecule has 0 atom stereocenters. The van der Waals surface area contributed by atoms with Crippen LogP contribution in [0.5, 0.6) is 0 Å². The molecule has 0 fully saturated rings. The zero-order valence-corrected chi connectivity index (χ0v) is 38.7. The molecule has 0 aliphatic rings. The summed E-state index contributed by atoms with van der Waals surface area (Å²) in [6.45, 7) is 0. The summed E-state index contributed by atoms with van der Waals surface area (Å²) >= 11 is 0. The van der Waals surface area contributed by atoms with Gasteiger partial charge in [-0.1, -0.05) is 200 Å². The summed E-state index contributed by atoms with van der Waals surface area (Å²) in [5, 5.41) is 9.78. The smallest absolute Gasteiger partial charge is 0.143 e. The molecule has 332 valence electrons. The summed E-state index contributed by atoms with van der Waals surface area (Å²) in [6, 6.07) is 96.7. The standard InChI is InChI=1S/C68H44N2O/c1-2-19-56-47(14-1)34-35-52-42-50(38-41-57(52)56)49-15-11-17-54(43-49)69(55-18-12-16-51(44-55)59-24-13-25-63-62-23-6-10-29-67(62)71-68(59)63)53-39-36-46(37-40-53)45-30-32-48(33-31-45)58-20-3-7-26-64(58)70-65-27-8-4-21-60(65)61-22-5-9-28-66(61)70/h1-44H. The summed E-state index contributed by atoms with van der Waals surface area (Å²) < 4.78 is 8.96. The van der Waals surface area contributed by atoms with E-state index in [0.29, 0.717) is 0 Å². The van der Waals surface area contributed by atoms with Crippen molar-refractivity contribution in [1.82, 2.24) is 4.57 Å². The Labute approximate surface area is 411 Å². The zero-order valence-electron chi connectivity index (χ0n) is 38.7. The third kappa shape index (κ3) is 6.89. The SMILES string of the molecule is c1cc(-c2ccc3c(ccc4ccccc43)c2)cc(N(c2ccc(-c3ccc(-c4ccccc4-n4c5ccccc5c5ccccc54)cc3)cc2)c2cccc(-c3cccc4c3oc3ccccc34)c2)c1. The second-order valence-electron chi connectivity index (χ2n) is 18.5. The van der Waals surface area contributed by atoms with Crippen LogP contribution in [0.1, 0.15) is 0 Å². The summed E-state index contributed by atoms with van der Waals surface area (Å²) in [5.41, 5.74) is 17.7. The molecule has 2 aromatic heterocycles. The van der Waals surface area contributed by atoms with Crippen molar-refractivity contribution in [3.05, 3.63) is 267 Å². The van der Waals surface area contributed by atoms with Gasteiger partial charge in [0.25, 0.3) is 0 Å². The maximum Gasteiger partial charge on any atom is 0.143 e. The first-order valence-corrected chi connectivity index (χ1v) is 24.3. The Morgan fingerprint density at radius 1 is 0.282 bits per heavy atom. The minimum absolute atomic E-state index is 0.894. The van der Waals surface area contributed by atoms with Crippen LogP contribution in [0.4, 0.5) is 17.1 Å². The predicted octanol–water partition coefficient (Wildman–Crippen LogP) is 19.1. The zero-order chi connectivity index (χ0) is 46.8. The lowest BCUT2D eigenvalue weighted by molar-refractivity contribution is 0.670. The number of aromatic nitrogens is 1. The molecule has 0 saturated carbocycles. The fourth-order valence-corrected chi connectivity index (χ4v) is 11.0. The molecule has 14 aromatic rings. The number of hydrogen-bond acceptors (Lipinski definition) is 2. The number of para-hydroxylation sites is 5. The van der Waals surface area contributed by atoms with Crippen LogP contribution >= 0.6 is 0 Å². The molecule has 12 aromatic carbocycles. The molecule has 0 bridgehead atoms. The molecule has 14 rings (SSSR count). The molecular weight excluding hydrogens is 861 g/mol. The van der Waals surface area contributed by atoms with E-state index in [4.69, 9.17) is 4.42 Å². The quantitative estimate of drug-likeness (QED) is 0.142. The van der Waals surface area contributed by atoms with E-state index in [-0.39, 0.29) is 0 Å². The average Bonchev–Trinajstić information content (AvgIpc) is 4.00. The van der Waals surface area contributed by atoms with Gasteiger partial charge in [-0.25, -0.2) is 0 Å². The van der Waals surface area contributed by atoms with E-state index < -0.39 is 0 Å². The van der Waals surface area contributed by atoms with Crippen molar-refractivity contribution in [3.8, 4) is 50.2 Å². The van der Waals surface area contributed by atoms with Crippen LogP contribution in [-0.4, -0.2) is 4.57 Å². The van der Waals surface area contributed by atoms with Gasteiger partial charge in [0, 0.05) is 49.7 Å². The average molecular weight is 905 g/mol. The van der Waals surface area contributed by atoms with Crippen molar-refractivity contribution in [3.63, 3.8) is 0 Å². The summed E-state index contributed by atoms with van der Waals surface area (Å²) in [7, 11) is 0. The normalized spacial score (nSPS) is 11.7. The number of anilines is 3. The summed E-state index contributed by atoms with van der Waals surface area (Å²) in [5.74, 6) is 0. The second-order valence-corrected chi connectivity index (χ2v) is 18.5. The lowest BCUT2D eigenvalue weighted by Gasteiger charge is -2.27. The molecule has 0 N–H and O–H groups in total. The molecule has 2 heterocycles. The highest BCUT2D eigenvalue weighted by atomic mass is 16.3. The first-order chi connectivity index (χ1) is 35.2. The van der Waals surface area contributed by atoms with Gasteiger partial charge in [-0.05, 0) is 122 Å². The molecule has 0 aliphatic carbocycles. The fraction of sp³-hybridized carbons (Fsp3) is 0. The van der Waals surface area contributed by atoms with Crippen molar-refractivity contribution in [2.45, 2.75) is 0 Å². The van der Waals surface area contributed by atoms with Gasteiger partial charge in [-0.2, -0.15) is 0 Å². The van der Waals surface area contributed by atoms with Gasteiger partial charge in [0.15, 0.2) is 0 Å². The Morgan fingerprint density at radius 3 is 1.58 bits per heavy atom. The molecule has 0 radical (unpaired) electrons. The van der Waals surface area contributed by atoms with E-state index in [9.17, 15) is 0 Å². The van der Waals surface area contributed by atoms with Crippen LogP contribution in [0, 0.1) is 0 Å². The number of benzene rings is 12. The van der Waals surface area contributed by atoms with Gasteiger partial charge in [-0.3, -0.25) is 0 Å². The Bertz CT molecular complexity index is 4290. The van der Waals surface area contributed by atoms with Crippen LogP contribution < -0.4 is 4.90 Å². The highest BCUT2D eigenvalue weighted by Gasteiger charge is 2.19. The largest absolute Gasteiger partial charge is 0.455 e. The van der Waals surface area contributed by atoms with Crippen LogP contribution in [0.15, 0.2) is 271 Å². The minimum Gasteiger partial charge on any atom is -0.455 e. The maximum atomic E-state index is 6.55. The molecule has 0 unspecified atom stereocenters. The maximum absolute atomic E-state index is 6.55. The Hall–Kier alpha value is -9.44. The van der Waals surface area contributed by atoms with Crippen molar-refractivity contribution in [1.29, 1.82) is 0 Å². The van der Waals surface area contributed by atoms with Crippen LogP contribution in [0.3, 0.4) is 0 Å². The Morgan fingerprint density at radius 2 is 0.803 bits per heavy atom. The topological polar surface area (TPSA) is 21.3 Å². The van der Waals surface area contributed by atoms with Gasteiger partial charge in [0.05, 0.1) is 16.7 Å². The number of hydrogen-bond donors (Lipinski definition) is 0. The number of furan rings is 1. The lowest BCUT2D eigenvalue weighted by atomic mass is 9.97. The van der Waals surface area contributed by atoms with Gasteiger partial charge in [0.1, 0.15) is 11.2 Å². The number of rotatable bonds is 8. The van der Waals surface area contributed by atoms with Crippen molar-refractivity contribution < 1.29 is 4.42 Å². The van der Waals surface area contributed by atoms with E-state index in [1.165, 1.54) is 65.7 Å². The second kappa shape index (κ2) is 16.7. The molecule has 71 heavy (non-hydrogen) atoms. The molecular formula is C68H44N2O. The van der Waals surface area contributed by atoms with Gasteiger partial charge in [-0.15, -0.1) is 0 Å². The van der Waals surface area contributed by atoms with Crippen LogP contribution in [0.25, 0.3) is 115 Å². The Balaban J connectivity index is 0.846. The molecule has 0 aliphatic heterocycles. The van der Waals surface area contributed by atoms with Gasteiger partial charge >= 0.3 is 0 Å². The summed E-state index contributed by atoms with van der Waals surface area (Å²) in [4.78, 5) is 2.37. The van der Waals surface area contributed by atoms with E-state index in [1.807, 2.05) is 12.1 Å². The van der Waals surface area contributed by atoms with Crippen molar-refractivity contribution in [2.75, 3.05) is 4.90 Å². The molecule has 0 amide bonds. The van der Waals surface area contributed by atoms with Crippen molar-refractivity contribution in [2.24, 2.45) is 0 Å². The first-order valence-electron chi connectivity index (χ1n) is 24.3. The highest BCUT2D eigenvalue weighted by molar-refractivity contribution is 6.11. The van der Waals surface area contributed by atoms with E-state index in [1.54, 1.807) is 0 Å². The van der Waals surface area contributed by atoms with E-state index in [2.05, 4.69) is 264 Å². The first kappa shape index (κ1) is 40.6. The molecule has 0 spiro atoms. The third-order valence-electron chi connectivity index (χ3n) is 14.4. The molecule has 3 nitrogen and oxygen atoms in total. The van der Waals surface area contributed by atoms with E-state index >= 15 is 0 Å².